The number of carbonyl (C=O) groups is 1. The molecule has 0 aromatic heterocycles. The van der Waals surface area contributed by atoms with E-state index in [0.717, 1.165) is 11.3 Å². The van der Waals surface area contributed by atoms with E-state index in [1.807, 2.05) is 66.7 Å². The zero-order chi connectivity index (χ0) is 14.9. The zero-order valence-corrected chi connectivity index (χ0v) is 11.4. The molecule has 0 atom stereocenters. The van der Waals surface area contributed by atoms with Crippen LogP contribution in [-0.2, 0) is 11.3 Å². The number of hydrogen-bond donors (Lipinski definition) is 2. The number of carbonyl (C=O) groups excluding carboxylic acids is 1. The lowest BCUT2D eigenvalue weighted by Gasteiger charge is -2.05. The number of rotatable bonds is 5. The number of nitriles is 1. The molecule has 1 amide bonds. The summed E-state index contributed by atoms with van der Waals surface area (Å²) in [5.41, 5.74) is 1.84. The third kappa shape index (κ3) is 4.51. The van der Waals surface area contributed by atoms with Crippen molar-refractivity contribution in [2.75, 3.05) is 5.32 Å². The first-order valence-corrected chi connectivity index (χ1v) is 6.53. The molecule has 0 heterocycles. The van der Waals surface area contributed by atoms with E-state index in [9.17, 15) is 4.79 Å². The topological polar surface area (TPSA) is 64.9 Å². The van der Waals surface area contributed by atoms with Gasteiger partial charge in [-0.25, -0.2) is 0 Å². The highest BCUT2D eigenvalue weighted by Crippen LogP contribution is 2.06. The van der Waals surface area contributed by atoms with E-state index in [1.165, 1.54) is 6.20 Å². The first-order valence-electron chi connectivity index (χ1n) is 6.53. The Bertz CT molecular complexity index is 657. The fourth-order valence-corrected chi connectivity index (χ4v) is 1.71. The van der Waals surface area contributed by atoms with Crippen molar-refractivity contribution in [2.45, 2.75) is 6.54 Å². The Balaban J connectivity index is 1.94. The third-order valence-corrected chi connectivity index (χ3v) is 2.82. The van der Waals surface area contributed by atoms with Crippen LogP contribution < -0.4 is 10.6 Å². The molecule has 4 nitrogen and oxygen atoms in total. The summed E-state index contributed by atoms with van der Waals surface area (Å²) in [5.74, 6) is -0.398. The van der Waals surface area contributed by atoms with E-state index in [2.05, 4.69) is 10.6 Å². The number of anilines is 1. The van der Waals surface area contributed by atoms with Crippen molar-refractivity contribution >= 4 is 11.6 Å². The van der Waals surface area contributed by atoms with Crippen molar-refractivity contribution in [1.29, 1.82) is 5.26 Å². The van der Waals surface area contributed by atoms with Gasteiger partial charge >= 0.3 is 0 Å². The summed E-state index contributed by atoms with van der Waals surface area (Å²) >= 11 is 0. The van der Waals surface area contributed by atoms with Crippen LogP contribution in [0.2, 0.25) is 0 Å². The van der Waals surface area contributed by atoms with Crippen LogP contribution in [0, 0.1) is 11.3 Å². The molecule has 0 aliphatic carbocycles. The quantitative estimate of drug-likeness (QED) is 0.652. The molecule has 0 saturated heterocycles. The van der Waals surface area contributed by atoms with Crippen molar-refractivity contribution in [3.05, 3.63) is 78.0 Å². The van der Waals surface area contributed by atoms with Gasteiger partial charge in [-0.3, -0.25) is 4.79 Å². The van der Waals surface area contributed by atoms with Crippen LogP contribution in [0.15, 0.2) is 72.4 Å². The van der Waals surface area contributed by atoms with E-state index >= 15 is 0 Å². The minimum Gasteiger partial charge on any atom is -0.360 e. The summed E-state index contributed by atoms with van der Waals surface area (Å²) in [5, 5.41) is 14.7. The van der Waals surface area contributed by atoms with E-state index in [0.29, 0.717) is 6.54 Å². The minimum absolute atomic E-state index is 0.0368. The summed E-state index contributed by atoms with van der Waals surface area (Å²) in [6.45, 7) is 0.393. The second kappa shape index (κ2) is 7.51. The molecule has 0 bridgehead atoms. The smallest absolute Gasteiger partial charge is 0.263 e. The molecule has 21 heavy (non-hydrogen) atoms. The van der Waals surface area contributed by atoms with E-state index in [-0.39, 0.29) is 5.57 Å². The molecular formula is C17H15N3O. The molecule has 0 unspecified atom stereocenters. The molecule has 2 aromatic rings. The molecule has 4 heteroatoms. The highest BCUT2D eigenvalue weighted by molar-refractivity contribution is 5.97. The van der Waals surface area contributed by atoms with E-state index in [1.54, 1.807) is 0 Å². The minimum atomic E-state index is -0.398. The van der Waals surface area contributed by atoms with Gasteiger partial charge in [-0.1, -0.05) is 48.5 Å². The Morgan fingerprint density at radius 1 is 1.05 bits per heavy atom. The van der Waals surface area contributed by atoms with Gasteiger partial charge in [0.25, 0.3) is 5.91 Å². The Kier molecular flexibility index (Phi) is 5.13. The third-order valence-electron chi connectivity index (χ3n) is 2.82. The second-order valence-electron chi connectivity index (χ2n) is 4.35. The molecular weight excluding hydrogens is 262 g/mol. The first kappa shape index (κ1) is 14.4. The molecule has 0 aliphatic heterocycles. The van der Waals surface area contributed by atoms with Gasteiger partial charge in [-0.2, -0.15) is 5.26 Å². The Labute approximate surface area is 123 Å². The molecule has 0 radical (unpaired) electrons. The summed E-state index contributed by atoms with van der Waals surface area (Å²) in [6.07, 6.45) is 1.41. The van der Waals surface area contributed by atoms with Gasteiger partial charge in [0.05, 0.1) is 0 Å². The maximum atomic E-state index is 11.9. The fraction of sp³-hybridized carbons (Fsp3) is 0.0588. The number of amides is 1. The molecule has 0 spiro atoms. The Morgan fingerprint density at radius 3 is 2.29 bits per heavy atom. The Morgan fingerprint density at radius 2 is 1.67 bits per heavy atom. The SMILES string of the molecule is N#C/C(=C\Nc1ccccc1)C(=O)NCc1ccccc1. The van der Waals surface area contributed by atoms with E-state index in [4.69, 9.17) is 5.26 Å². The molecule has 0 saturated carbocycles. The molecule has 2 N–H and O–H groups in total. The van der Waals surface area contributed by atoms with Crippen LogP contribution in [0.1, 0.15) is 5.56 Å². The molecule has 0 aliphatic rings. The summed E-state index contributed by atoms with van der Waals surface area (Å²) in [7, 11) is 0. The number of hydrogen-bond acceptors (Lipinski definition) is 3. The van der Waals surface area contributed by atoms with Gasteiger partial charge in [-0.15, -0.1) is 0 Å². The zero-order valence-electron chi connectivity index (χ0n) is 11.4. The Hall–Kier alpha value is -3.06. The molecule has 104 valence electrons. The normalized spacial score (nSPS) is 10.5. The largest absolute Gasteiger partial charge is 0.360 e. The van der Waals surface area contributed by atoms with Crippen LogP contribution in [-0.4, -0.2) is 5.91 Å². The van der Waals surface area contributed by atoms with Crippen LogP contribution >= 0.6 is 0 Å². The lowest BCUT2D eigenvalue weighted by Crippen LogP contribution is -2.24. The van der Waals surface area contributed by atoms with Crippen molar-refractivity contribution < 1.29 is 4.79 Å². The van der Waals surface area contributed by atoms with Gasteiger partial charge < -0.3 is 10.6 Å². The van der Waals surface area contributed by atoms with Gasteiger partial charge in [0.15, 0.2) is 0 Å². The first-order chi connectivity index (χ1) is 10.3. The summed E-state index contributed by atoms with van der Waals surface area (Å²) in [6, 6.07) is 20.8. The molecule has 0 fully saturated rings. The van der Waals surface area contributed by atoms with Crippen molar-refractivity contribution in [2.24, 2.45) is 0 Å². The lowest BCUT2D eigenvalue weighted by molar-refractivity contribution is -0.117. The van der Waals surface area contributed by atoms with Crippen molar-refractivity contribution in [3.63, 3.8) is 0 Å². The van der Waals surface area contributed by atoms with Crippen LogP contribution in [0.4, 0.5) is 5.69 Å². The van der Waals surface area contributed by atoms with Gasteiger partial charge in [0.1, 0.15) is 11.6 Å². The number of nitrogens with one attached hydrogen (secondary N) is 2. The van der Waals surface area contributed by atoms with Crippen molar-refractivity contribution in [1.82, 2.24) is 5.32 Å². The monoisotopic (exact) mass is 277 g/mol. The summed E-state index contributed by atoms with van der Waals surface area (Å²) in [4.78, 5) is 11.9. The van der Waals surface area contributed by atoms with Gasteiger partial charge in [0, 0.05) is 18.4 Å². The van der Waals surface area contributed by atoms with Crippen molar-refractivity contribution in [3.8, 4) is 6.07 Å². The van der Waals surface area contributed by atoms with Crippen LogP contribution in [0.5, 0.6) is 0 Å². The standard InChI is InChI=1S/C17H15N3O/c18-11-15(13-19-16-9-5-2-6-10-16)17(21)20-12-14-7-3-1-4-8-14/h1-10,13,19H,12H2,(H,20,21)/b15-13+. The predicted octanol–water partition coefficient (Wildman–Crippen LogP) is 2.82. The average Bonchev–Trinajstić information content (AvgIpc) is 2.55. The molecule has 2 rings (SSSR count). The van der Waals surface area contributed by atoms with Gasteiger partial charge in [0.2, 0.25) is 0 Å². The van der Waals surface area contributed by atoms with Crippen LogP contribution in [0.3, 0.4) is 0 Å². The summed E-state index contributed by atoms with van der Waals surface area (Å²) < 4.78 is 0. The average molecular weight is 277 g/mol. The second-order valence-corrected chi connectivity index (χ2v) is 4.35. The lowest BCUT2D eigenvalue weighted by atomic mass is 10.2. The molecule has 2 aromatic carbocycles. The van der Waals surface area contributed by atoms with Crippen LogP contribution in [0.25, 0.3) is 0 Å². The highest BCUT2D eigenvalue weighted by atomic mass is 16.1. The maximum absolute atomic E-state index is 11.9. The van der Waals surface area contributed by atoms with Gasteiger partial charge in [-0.05, 0) is 17.7 Å². The fourth-order valence-electron chi connectivity index (χ4n) is 1.71. The van der Waals surface area contributed by atoms with E-state index < -0.39 is 5.91 Å². The number of para-hydroxylation sites is 1. The maximum Gasteiger partial charge on any atom is 0.263 e. The predicted molar refractivity (Wildman–Crippen MR) is 82.0 cm³/mol. The number of benzene rings is 2. The highest BCUT2D eigenvalue weighted by Gasteiger charge is 2.08. The number of nitrogens with zero attached hydrogens (tertiary/aromatic N) is 1.